The molecule has 1 aromatic carbocycles. The van der Waals surface area contributed by atoms with Crippen LogP contribution in [0.15, 0.2) is 41.0 Å². The lowest BCUT2D eigenvalue weighted by Crippen LogP contribution is -2.20. The van der Waals surface area contributed by atoms with E-state index >= 15 is 0 Å². The maximum absolute atomic E-state index is 12.8. The smallest absolute Gasteiger partial charge is 0.322 e. The second-order valence-corrected chi connectivity index (χ2v) is 4.92. The van der Waals surface area contributed by atoms with E-state index < -0.39 is 29.2 Å². The fourth-order valence-corrected chi connectivity index (χ4v) is 1.90. The van der Waals surface area contributed by atoms with Gasteiger partial charge in [0.25, 0.3) is 5.91 Å². The summed E-state index contributed by atoms with van der Waals surface area (Å²) in [5, 5.41) is 2.26. The summed E-state index contributed by atoms with van der Waals surface area (Å²) < 4.78 is 51.5. The maximum Gasteiger partial charge on any atom is 0.434 e. The number of amides is 1. The fraction of sp³-hybridized carbons (Fsp3) is 0.0769. The Morgan fingerprint density at radius 2 is 1.81 bits per heavy atom. The number of nitrogens with zero attached hydrogens (tertiary/aromatic N) is 1. The summed E-state index contributed by atoms with van der Waals surface area (Å²) in [6.07, 6.45) is -3.80. The fourth-order valence-electron chi connectivity index (χ4n) is 1.57. The molecule has 2 rings (SSSR count). The molecule has 0 aliphatic heterocycles. The van der Waals surface area contributed by atoms with E-state index in [1.807, 2.05) is 0 Å². The van der Waals surface area contributed by atoms with Crippen LogP contribution in [0.1, 0.15) is 16.1 Å². The van der Waals surface area contributed by atoms with Gasteiger partial charge in [0.2, 0.25) is 0 Å². The van der Waals surface area contributed by atoms with Crippen molar-refractivity contribution in [2.24, 2.45) is 0 Å². The molecule has 0 unspecified atom stereocenters. The molecule has 0 spiro atoms. The number of anilines is 1. The Balaban J connectivity index is 2.34. The quantitative estimate of drug-likeness (QED) is 0.811. The van der Waals surface area contributed by atoms with Crippen molar-refractivity contribution in [1.82, 2.24) is 4.98 Å². The zero-order valence-corrected chi connectivity index (χ0v) is 11.8. The van der Waals surface area contributed by atoms with Gasteiger partial charge in [-0.1, -0.05) is 0 Å². The Kier molecular flexibility index (Phi) is 4.26. The van der Waals surface area contributed by atoms with Crippen LogP contribution >= 0.6 is 15.9 Å². The highest BCUT2D eigenvalue weighted by atomic mass is 79.9. The predicted molar refractivity (Wildman–Crippen MR) is 71.3 cm³/mol. The molecular formula is C13H7BrF4N2O. The molecule has 2 aromatic rings. The second kappa shape index (κ2) is 5.80. The van der Waals surface area contributed by atoms with E-state index in [-0.39, 0.29) is 10.2 Å². The Morgan fingerprint density at radius 3 is 2.38 bits per heavy atom. The number of carbonyl (C=O) groups is 1. The predicted octanol–water partition coefficient (Wildman–Crippen LogP) is 4.25. The molecule has 0 aliphatic carbocycles. The lowest BCUT2D eigenvalue weighted by molar-refractivity contribution is -0.141. The van der Waals surface area contributed by atoms with Crippen LogP contribution < -0.4 is 5.32 Å². The van der Waals surface area contributed by atoms with Gasteiger partial charge >= 0.3 is 6.18 Å². The molecule has 3 nitrogen and oxygen atoms in total. The van der Waals surface area contributed by atoms with Gasteiger partial charge in [-0.25, -0.2) is 9.37 Å². The Bertz CT molecular complexity index is 671. The standard InChI is InChI=1S/C13H7BrF4N2O/c14-7-5-10(11(19-6-7)13(16,17)18)12(21)20-9-3-1-8(15)2-4-9/h1-6H,(H,20,21). The number of aromatic nitrogens is 1. The zero-order chi connectivity index (χ0) is 15.6. The Labute approximate surface area is 125 Å². The average molecular weight is 363 g/mol. The van der Waals surface area contributed by atoms with Crippen molar-refractivity contribution in [2.75, 3.05) is 5.32 Å². The third-order valence-corrected chi connectivity index (χ3v) is 2.90. The number of nitrogens with one attached hydrogen (secondary N) is 1. The first-order valence-corrected chi connectivity index (χ1v) is 6.36. The molecule has 1 heterocycles. The molecule has 0 saturated carbocycles. The lowest BCUT2D eigenvalue weighted by Gasteiger charge is -2.12. The van der Waals surface area contributed by atoms with Crippen molar-refractivity contribution in [3.8, 4) is 0 Å². The van der Waals surface area contributed by atoms with E-state index in [4.69, 9.17) is 0 Å². The first kappa shape index (κ1) is 15.4. The van der Waals surface area contributed by atoms with Crippen LogP contribution in [0.5, 0.6) is 0 Å². The van der Waals surface area contributed by atoms with Crippen LogP contribution in [0.4, 0.5) is 23.2 Å². The van der Waals surface area contributed by atoms with Crippen LogP contribution in [0.3, 0.4) is 0 Å². The van der Waals surface area contributed by atoms with Crippen molar-refractivity contribution in [3.63, 3.8) is 0 Å². The summed E-state index contributed by atoms with van der Waals surface area (Å²) in [6.45, 7) is 0. The summed E-state index contributed by atoms with van der Waals surface area (Å²) in [7, 11) is 0. The van der Waals surface area contributed by atoms with Gasteiger partial charge in [0, 0.05) is 16.4 Å². The Morgan fingerprint density at radius 1 is 1.19 bits per heavy atom. The molecule has 0 bridgehead atoms. The lowest BCUT2D eigenvalue weighted by atomic mass is 10.1. The van der Waals surface area contributed by atoms with Gasteiger partial charge in [0.1, 0.15) is 5.82 Å². The molecule has 110 valence electrons. The molecular weight excluding hydrogens is 356 g/mol. The van der Waals surface area contributed by atoms with Crippen LogP contribution in [-0.2, 0) is 6.18 Å². The van der Waals surface area contributed by atoms with Gasteiger partial charge in [-0.3, -0.25) is 4.79 Å². The topological polar surface area (TPSA) is 42.0 Å². The third kappa shape index (κ3) is 3.78. The van der Waals surface area contributed by atoms with Gasteiger partial charge in [0.15, 0.2) is 5.69 Å². The zero-order valence-electron chi connectivity index (χ0n) is 10.2. The van der Waals surface area contributed by atoms with Crippen molar-refractivity contribution in [3.05, 3.63) is 58.1 Å². The minimum absolute atomic E-state index is 0.175. The summed E-state index contributed by atoms with van der Waals surface area (Å²) in [5.41, 5.74) is -1.74. The molecule has 0 atom stereocenters. The van der Waals surface area contributed by atoms with Crippen LogP contribution in [0.2, 0.25) is 0 Å². The number of pyridine rings is 1. The van der Waals surface area contributed by atoms with E-state index in [0.29, 0.717) is 0 Å². The summed E-state index contributed by atoms with van der Waals surface area (Å²) in [4.78, 5) is 15.2. The monoisotopic (exact) mass is 362 g/mol. The molecule has 0 fully saturated rings. The van der Waals surface area contributed by atoms with E-state index in [1.165, 1.54) is 12.1 Å². The largest absolute Gasteiger partial charge is 0.434 e. The van der Waals surface area contributed by atoms with Crippen molar-refractivity contribution >= 4 is 27.5 Å². The minimum Gasteiger partial charge on any atom is -0.322 e. The number of halogens is 5. The van der Waals surface area contributed by atoms with Crippen LogP contribution in [-0.4, -0.2) is 10.9 Å². The van der Waals surface area contributed by atoms with E-state index in [9.17, 15) is 22.4 Å². The first-order valence-electron chi connectivity index (χ1n) is 5.57. The molecule has 0 radical (unpaired) electrons. The molecule has 1 N–H and O–H groups in total. The van der Waals surface area contributed by atoms with Gasteiger partial charge in [-0.05, 0) is 46.3 Å². The highest BCUT2D eigenvalue weighted by Crippen LogP contribution is 2.31. The van der Waals surface area contributed by atoms with Gasteiger partial charge in [-0.15, -0.1) is 0 Å². The molecule has 1 aromatic heterocycles. The van der Waals surface area contributed by atoms with Gasteiger partial charge in [0.05, 0.1) is 5.56 Å². The van der Waals surface area contributed by atoms with E-state index in [0.717, 1.165) is 24.4 Å². The normalized spacial score (nSPS) is 11.3. The Hall–Kier alpha value is -1.96. The van der Waals surface area contributed by atoms with Crippen molar-refractivity contribution < 1.29 is 22.4 Å². The number of alkyl halides is 3. The van der Waals surface area contributed by atoms with Crippen LogP contribution in [0.25, 0.3) is 0 Å². The molecule has 8 heteroatoms. The summed E-state index contributed by atoms with van der Waals surface area (Å²) in [5.74, 6) is -1.50. The van der Waals surface area contributed by atoms with Gasteiger partial charge < -0.3 is 5.32 Å². The van der Waals surface area contributed by atoms with Crippen molar-refractivity contribution in [2.45, 2.75) is 6.18 Å². The SMILES string of the molecule is O=C(Nc1ccc(F)cc1)c1cc(Br)cnc1C(F)(F)F. The third-order valence-electron chi connectivity index (χ3n) is 2.47. The molecule has 21 heavy (non-hydrogen) atoms. The summed E-state index contributed by atoms with van der Waals surface area (Å²) in [6, 6.07) is 5.67. The number of benzene rings is 1. The molecule has 1 amide bonds. The molecule has 0 saturated heterocycles. The number of hydrogen-bond donors (Lipinski definition) is 1. The second-order valence-electron chi connectivity index (χ2n) is 4.01. The van der Waals surface area contributed by atoms with Crippen molar-refractivity contribution in [1.29, 1.82) is 0 Å². The minimum atomic E-state index is -4.75. The average Bonchev–Trinajstić information content (AvgIpc) is 2.40. The highest BCUT2D eigenvalue weighted by Gasteiger charge is 2.37. The number of hydrogen-bond acceptors (Lipinski definition) is 2. The first-order chi connectivity index (χ1) is 9.77. The molecule has 0 aliphatic rings. The van der Waals surface area contributed by atoms with E-state index in [2.05, 4.69) is 26.2 Å². The highest BCUT2D eigenvalue weighted by molar-refractivity contribution is 9.10. The number of carbonyl (C=O) groups excluding carboxylic acids is 1. The number of rotatable bonds is 2. The van der Waals surface area contributed by atoms with Gasteiger partial charge in [-0.2, -0.15) is 13.2 Å². The van der Waals surface area contributed by atoms with Crippen LogP contribution in [0, 0.1) is 5.82 Å². The summed E-state index contributed by atoms with van der Waals surface area (Å²) >= 11 is 2.97. The van der Waals surface area contributed by atoms with E-state index in [1.54, 1.807) is 0 Å². The maximum atomic E-state index is 12.8.